The number of amidine groups is 1. The first kappa shape index (κ1) is 13.5. The Balaban J connectivity index is 1.79. The Hall–Kier alpha value is -0.970. The molecular formula is C13H21N3OS. The van der Waals surface area contributed by atoms with Crippen molar-refractivity contribution in [1.82, 2.24) is 10.5 Å². The Morgan fingerprint density at radius 1 is 1.50 bits per heavy atom. The molecule has 1 aromatic heterocycles. The molecule has 0 saturated carbocycles. The molecule has 1 atom stereocenters. The second kappa shape index (κ2) is 6.27. The highest BCUT2D eigenvalue weighted by Gasteiger charge is 2.25. The number of hydrogen-bond donors (Lipinski definition) is 1. The summed E-state index contributed by atoms with van der Waals surface area (Å²) in [5.74, 6) is 1.62. The third-order valence-electron chi connectivity index (χ3n) is 3.35. The van der Waals surface area contributed by atoms with Crippen LogP contribution in [0.1, 0.15) is 38.1 Å². The van der Waals surface area contributed by atoms with Gasteiger partial charge in [-0.05, 0) is 12.8 Å². The van der Waals surface area contributed by atoms with Crippen LogP contribution in [0.3, 0.4) is 0 Å². The number of rotatable bonds is 5. The van der Waals surface area contributed by atoms with Gasteiger partial charge in [-0.1, -0.05) is 43.6 Å². The molecule has 2 heterocycles. The molecule has 0 saturated heterocycles. The lowest BCUT2D eigenvalue weighted by Gasteiger charge is -2.18. The van der Waals surface area contributed by atoms with Crippen LogP contribution >= 0.6 is 11.8 Å². The predicted molar refractivity (Wildman–Crippen MR) is 75.8 cm³/mol. The number of thioether (sulfide) groups is 1. The van der Waals surface area contributed by atoms with Crippen LogP contribution in [0.5, 0.6) is 0 Å². The molecule has 1 aliphatic heterocycles. The largest absolute Gasteiger partial charge is 0.361 e. The van der Waals surface area contributed by atoms with Crippen LogP contribution in [0.2, 0.25) is 0 Å². The summed E-state index contributed by atoms with van der Waals surface area (Å²) in [6.45, 7) is 8.06. The lowest BCUT2D eigenvalue weighted by Crippen LogP contribution is -2.21. The third-order valence-corrected chi connectivity index (χ3v) is 4.68. The van der Waals surface area contributed by atoms with Gasteiger partial charge < -0.3 is 9.84 Å². The monoisotopic (exact) mass is 267 g/mol. The van der Waals surface area contributed by atoms with Crippen molar-refractivity contribution in [3.63, 3.8) is 0 Å². The minimum absolute atomic E-state index is 0.640. The molecule has 1 N–H and O–H groups in total. The summed E-state index contributed by atoms with van der Waals surface area (Å²) in [6, 6.07) is 1.95. The molecule has 1 aliphatic rings. The van der Waals surface area contributed by atoms with Crippen LogP contribution < -0.4 is 5.32 Å². The maximum absolute atomic E-state index is 5.04. The highest BCUT2D eigenvalue weighted by Crippen LogP contribution is 2.30. The second-order valence-corrected chi connectivity index (χ2v) is 5.89. The van der Waals surface area contributed by atoms with Crippen molar-refractivity contribution in [2.75, 3.05) is 6.54 Å². The van der Waals surface area contributed by atoms with Gasteiger partial charge in [0.25, 0.3) is 0 Å². The van der Waals surface area contributed by atoms with Crippen molar-refractivity contribution >= 4 is 16.9 Å². The molecule has 0 bridgehead atoms. The molecule has 0 spiro atoms. The Labute approximate surface area is 113 Å². The number of aromatic nitrogens is 1. The van der Waals surface area contributed by atoms with E-state index in [9.17, 15) is 0 Å². The van der Waals surface area contributed by atoms with Crippen LogP contribution in [-0.2, 0) is 6.54 Å². The summed E-state index contributed by atoms with van der Waals surface area (Å²) < 4.78 is 5.04. The van der Waals surface area contributed by atoms with E-state index in [0.717, 1.165) is 29.1 Å². The molecule has 0 amide bonds. The van der Waals surface area contributed by atoms with E-state index in [0.29, 0.717) is 11.8 Å². The summed E-state index contributed by atoms with van der Waals surface area (Å²) in [4.78, 5) is 4.57. The van der Waals surface area contributed by atoms with Crippen LogP contribution in [-0.4, -0.2) is 22.1 Å². The van der Waals surface area contributed by atoms with E-state index in [2.05, 4.69) is 29.3 Å². The van der Waals surface area contributed by atoms with Crippen molar-refractivity contribution in [2.45, 2.75) is 45.4 Å². The van der Waals surface area contributed by atoms with Gasteiger partial charge in [0.1, 0.15) is 11.5 Å². The lowest BCUT2D eigenvalue weighted by molar-refractivity contribution is 0.390. The van der Waals surface area contributed by atoms with Crippen molar-refractivity contribution in [3.05, 3.63) is 17.5 Å². The molecule has 1 unspecified atom stereocenters. The fourth-order valence-corrected chi connectivity index (χ4v) is 3.53. The first-order valence-corrected chi connectivity index (χ1v) is 7.48. The summed E-state index contributed by atoms with van der Waals surface area (Å²) in [5.41, 5.74) is 0.932. The minimum atomic E-state index is 0.640. The van der Waals surface area contributed by atoms with E-state index in [-0.39, 0.29) is 0 Å². The van der Waals surface area contributed by atoms with Crippen LogP contribution in [0.25, 0.3) is 0 Å². The Morgan fingerprint density at radius 2 is 2.28 bits per heavy atom. The average Bonchev–Trinajstić information content (AvgIpc) is 2.98. The van der Waals surface area contributed by atoms with Gasteiger partial charge in [0, 0.05) is 11.3 Å². The molecule has 2 rings (SSSR count). The lowest BCUT2D eigenvalue weighted by atomic mass is 9.99. The van der Waals surface area contributed by atoms with E-state index < -0.39 is 0 Å². The van der Waals surface area contributed by atoms with E-state index in [4.69, 9.17) is 4.52 Å². The maximum Gasteiger partial charge on any atom is 0.157 e. The summed E-state index contributed by atoms with van der Waals surface area (Å²) >= 11 is 1.87. The van der Waals surface area contributed by atoms with Crippen LogP contribution in [0.4, 0.5) is 0 Å². The standard InChI is InChI=1S/C13H21N3OS/c1-4-10(5-2)12-8-15-13(18-12)14-7-11-6-9(3)17-16-11/h6,10,12H,4-5,7-8H2,1-3H3,(H,14,15). The number of nitrogens with zero attached hydrogens (tertiary/aromatic N) is 2. The zero-order valence-electron chi connectivity index (χ0n) is 11.3. The Bertz CT molecular complexity index is 412. The highest BCUT2D eigenvalue weighted by molar-refractivity contribution is 8.14. The van der Waals surface area contributed by atoms with Gasteiger partial charge in [-0.15, -0.1) is 0 Å². The summed E-state index contributed by atoms with van der Waals surface area (Å²) in [7, 11) is 0. The van der Waals surface area contributed by atoms with Crippen LogP contribution in [0.15, 0.2) is 15.6 Å². The zero-order valence-corrected chi connectivity index (χ0v) is 12.1. The van der Waals surface area contributed by atoms with Gasteiger partial charge in [0.15, 0.2) is 5.17 Å². The second-order valence-electron chi connectivity index (χ2n) is 4.66. The van der Waals surface area contributed by atoms with Crippen LogP contribution in [0, 0.1) is 12.8 Å². The molecular weight excluding hydrogens is 246 g/mol. The molecule has 4 nitrogen and oxygen atoms in total. The van der Waals surface area contributed by atoms with Crippen molar-refractivity contribution < 1.29 is 4.52 Å². The number of aryl methyl sites for hydroxylation is 1. The molecule has 0 fully saturated rings. The Morgan fingerprint density at radius 3 is 2.89 bits per heavy atom. The molecule has 18 heavy (non-hydrogen) atoms. The van der Waals surface area contributed by atoms with E-state index >= 15 is 0 Å². The fraction of sp³-hybridized carbons (Fsp3) is 0.692. The highest BCUT2D eigenvalue weighted by atomic mass is 32.2. The van der Waals surface area contributed by atoms with Gasteiger partial charge in [-0.25, -0.2) is 0 Å². The van der Waals surface area contributed by atoms with Gasteiger partial charge in [-0.2, -0.15) is 0 Å². The first-order valence-electron chi connectivity index (χ1n) is 6.60. The minimum Gasteiger partial charge on any atom is -0.361 e. The van der Waals surface area contributed by atoms with E-state index in [1.54, 1.807) is 0 Å². The van der Waals surface area contributed by atoms with Gasteiger partial charge in [0.05, 0.1) is 13.1 Å². The van der Waals surface area contributed by atoms with Gasteiger partial charge in [-0.3, -0.25) is 4.99 Å². The predicted octanol–water partition coefficient (Wildman–Crippen LogP) is 2.98. The molecule has 0 aromatic carbocycles. The number of aliphatic imine (C=N–C) groups is 1. The zero-order chi connectivity index (χ0) is 13.0. The fourth-order valence-electron chi connectivity index (χ4n) is 2.22. The van der Waals surface area contributed by atoms with Crippen molar-refractivity contribution in [3.8, 4) is 0 Å². The van der Waals surface area contributed by atoms with E-state index in [1.165, 1.54) is 12.8 Å². The molecule has 5 heteroatoms. The average molecular weight is 267 g/mol. The molecule has 1 aromatic rings. The number of hydrogen-bond acceptors (Lipinski definition) is 5. The van der Waals surface area contributed by atoms with Gasteiger partial charge >= 0.3 is 0 Å². The SMILES string of the molecule is CCC(CC)C1CN=C(NCc2cc(C)on2)S1. The van der Waals surface area contributed by atoms with Crippen molar-refractivity contribution in [2.24, 2.45) is 10.9 Å². The molecule has 0 aliphatic carbocycles. The smallest absolute Gasteiger partial charge is 0.157 e. The molecule has 0 radical (unpaired) electrons. The Kier molecular flexibility index (Phi) is 4.69. The quantitative estimate of drug-likeness (QED) is 0.891. The maximum atomic E-state index is 5.04. The first-order chi connectivity index (χ1) is 8.72. The normalized spacial score (nSPS) is 19.3. The summed E-state index contributed by atoms with van der Waals surface area (Å²) in [5, 5.41) is 8.99. The third kappa shape index (κ3) is 3.28. The topological polar surface area (TPSA) is 50.4 Å². The number of nitrogens with one attached hydrogen (secondary N) is 1. The van der Waals surface area contributed by atoms with E-state index in [1.807, 2.05) is 24.8 Å². The summed E-state index contributed by atoms with van der Waals surface area (Å²) in [6.07, 6.45) is 2.47. The van der Waals surface area contributed by atoms with Gasteiger partial charge in [0.2, 0.25) is 0 Å². The van der Waals surface area contributed by atoms with Crippen molar-refractivity contribution in [1.29, 1.82) is 0 Å². The molecule has 100 valence electrons.